The Hall–Kier alpha value is -1.75. The topological polar surface area (TPSA) is 52.0 Å². The molecule has 1 aromatic carbocycles. The van der Waals surface area contributed by atoms with Crippen LogP contribution in [-0.2, 0) is 6.42 Å². The molecule has 0 radical (unpaired) electrons. The number of hydrogen-bond donors (Lipinski definition) is 1. The second-order valence-corrected chi connectivity index (χ2v) is 3.26. The summed E-state index contributed by atoms with van der Waals surface area (Å²) < 4.78 is 31.6. The molecular formula is C11H10F2N2O. The molecule has 2 N–H and O–H groups in total. The van der Waals surface area contributed by atoms with Crippen molar-refractivity contribution in [2.45, 2.75) is 6.42 Å². The first-order chi connectivity index (χ1) is 7.72. The molecule has 0 saturated carbocycles. The molecule has 2 rings (SSSR count). The van der Waals surface area contributed by atoms with Gasteiger partial charge in [-0.2, -0.15) is 0 Å². The predicted octanol–water partition coefficient (Wildman–Crippen LogP) is 2.12. The molecule has 0 bridgehead atoms. The van der Waals surface area contributed by atoms with Crippen LogP contribution in [0.1, 0.15) is 5.89 Å². The van der Waals surface area contributed by atoms with E-state index in [0.29, 0.717) is 18.9 Å². The summed E-state index contributed by atoms with van der Waals surface area (Å²) in [6, 6.07) is 3.90. The van der Waals surface area contributed by atoms with Crippen LogP contribution in [0.25, 0.3) is 11.3 Å². The van der Waals surface area contributed by atoms with Crippen molar-refractivity contribution >= 4 is 0 Å². The third kappa shape index (κ3) is 1.94. The number of oxazole rings is 1. The molecule has 3 nitrogen and oxygen atoms in total. The maximum absolute atomic E-state index is 13.4. The van der Waals surface area contributed by atoms with Crippen LogP contribution >= 0.6 is 0 Å². The lowest BCUT2D eigenvalue weighted by molar-refractivity contribution is 0.488. The van der Waals surface area contributed by atoms with Crippen LogP contribution in [0.4, 0.5) is 8.78 Å². The van der Waals surface area contributed by atoms with Gasteiger partial charge in [-0.05, 0) is 12.1 Å². The Morgan fingerprint density at radius 2 is 2.12 bits per heavy atom. The van der Waals surface area contributed by atoms with Crippen LogP contribution in [0.5, 0.6) is 0 Å². The molecule has 0 aliphatic heterocycles. The van der Waals surface area contributed by atoms with E-state index < -0.39 is 11.6 Å². The highest BCUT2D eigenvalue weighted by Gasteiger charge is 2.13. The molecule has 0 atom stereocenters. The fourth-order valence-electron chi connectivity index (χ4n) is 1.37. The number of nitrogens with zero attached hydrogens (tertiary/aromatic N) is 1. The van der Waals surface area contributed by atoms with Gasteiger partial charge < -0.3 is 10.2 Å². The highest BCUT2D eigenvalue weighted by Crippen LogP contribution is 2.24. The Kier molecular flexibility index (Phi) is 2.96. The van der Waals surface area contributed by atoms with E-state index in [1.54, 1.807) is 0 Å². The highest BCUT2D eigenvalue weighted by molar-refractivity contribution is 5.57. The van der Waals surface area contributed by atoms with Crippen molar-refractivity contribution in [3.05, 3.63) is 41.9 Å². The molecule has 0 saturated heterocycles. The summed E-state index contributed by atoms with van der Waals surface area (Å²) in [4.78, 5) is 3.92. The number of nitrogens with two attached hydrogens (primary N) is 1. The standard InChI is InChI=1S/C11H10F2N2O/c12-8-3-1-2-7(11(8)13)9-6-15-10(16-9)4-5-14/h1-3,6H,4-5,14H2. The Labute approximate surface area is 90.9 Å². The van der Waals surface area contributed by atoms with Gasteiger partial charge in [0.1, 0.15) is 0 Å². The van der Waals surface area contributed by atoms with Crippen molar-refractivity contribution < 1.29 is 13.2 Å². The lowest BCUT2D eigenvalue weighted by Crippen LogP contribution is -2.02. The Bertz CT molecular complexity index is 496. The van der Waals surface area contributed by atoms with E-state index >= 15 is 0 Å². The molecule has 5 heteroatoms. The summed E-state index contributed by atoms with van der Waals surface area (Å²) in [6.45, 7) is 0.394. The first kappa shape index (κ1) is 10.8. The zero-order valence-electron chi connectivity index (χ0n) is 8.41. The molecule has 1 heterocycles. The zero-order chi connectivity index (χ0) is 11.5. The molecule has 0 spiro atoms. The van der Waals surface area contributed by atoms with E-state index in [1.165, 1.54) is 18.3 Å². The SMILES string of the molecule is NCCc1ncc(-c2cccc(F)c2F)o1. The van der Waals surface area contributed by atoms with E-state index in [4.69, 9.17) is 10.2 Å². The highest BCUT2D eigenvalue weighted by atomic mass is 19.2. The van der Waals surface area contributed by atoms with E-state index in [2.05, 4.69) is 4.98 Å². The number of aromatic nitrogens is 1. The number of halogens is 2. The van der Waals surface area contributed by atoms with Crippen molar-refractivity contribution in [3.63, 3.8) is 0 Å². The summed E-state index contributed by atoms with van der Waals surface area (Å²) in [6.07, 6.45) is 1.83. The van der Waals surface area contributed by atoms with Crippen LogP contribution in [-0.4, -0.2) is 11.5 Å². The molecule has 2 aromatic rings. The van der Waals surface area contributed by atoms with E-state index in [0.717, 1.165) is 6.07 Å². The second kappa shape index (κ2) is 4.40. The maximum Gasteiger partial charge on any atom is 0.196 e. The Balaban J connectivity index is 2.39. The van der Waals surface area contributed by atoms with Crippen molar-refractivity contribution in [2.24, 2.45) is 5.73 Å². The largest absolute Gasteiger partial charge is 0.441 e. The number of benzene rings is 1. The van der Waals surface area contributed by atoms with Crippen LogP contribution in [0.2, 0.25) is 0 Å². The summed E-state index contributed by atoms with van der Waals surface area (Å²) in [7, 11) is 0. The third-order valence-electron chi connectivity index (χ3n) is 2.13. The number of rotatable bonds is 3. The first-order valence-electron chi connectivity index (χ1n) is 4.81. The molecule has 1 aromatic heterocycles. The normalized spacial score (nSPS) is 10.7. The molecule has 0 aliphatic carbocycles. The molecule has 0 fully saturated rings. The second-order valence-electron chi connectivity index (χ2n) is 3.26. The predicted molar refractivity (Wildman–Crippen MR) is 54.6 cm³/mol. The molecular weight excluding hydrogens is 214 g/mol. The van der Waals surface area contributed by atoms with Gasteiger partial charge in [-0.1, -0.05) is 6.07 Å². The lowest BCUT2D eigenvalue weighted by Gasteiger charge is -1.99. The monoisotopic (exact) mass is 224 g/mol. The van der Waals surface area contributed by atoms with Crippen molar-refractivity contribution in [1.82, 2.24) is 4.98 Å². The van der Waals surface area contributed by atoms with Crippen LogP contribution < -0.4 is 5.73 Å². The molecule has 0 unspecified atom stereocenters. The summed E-state index contributed by atoms with van der Waals surface area (Å²) in [5.74, 6) is -1.21. The molecule has 16 heavy (non-hydrogen) atoms. The first-order valence-corrected chi connectivity index (χ1v) is 4.81. The van der Waals surface area contributed by atoms with Crippen LogP contribution in [0, 0.1) is 11.6 Å². The minimum absolute atomic E-state index is 0.0655. The summed E-state index contributed by atoms with van der Waals surface area (Å²) in [5, 5.41) is 0. The third-order valence-corrected chi connectivity index (χ3v) is 2.13. The maximum atomic E-state index is 13.4. The van der Waals surface area contributed by atoms with Crippen molar-refractivity contribution in [1.29, 1.82) is 0 Å². The van der Waals surface area contributed by atoms with Gasteiger partial charge in [-0.25, -0.2) is 13.8 Å². The fraction of sp³-hybridized carbons (Fsp3) is 0.182. The number of hydrogen-bond acceptors (Lipinski definition) is 3. The van der Waals surface area contributed by atoms with Gasteiger partial charge in [0, 0.05) is 13.0 Å². The van der Waals surface area contributed by atoms with Gasteiger partial charge in [0.2, 0.25) is 0 Å². The zero-order valence-corrected chi connectivity index (χ0v) is 8.41. The summed E-state index contributed by atoms with van der Waals surface area (Å²) >= 11 is 0. The molecule has 0 aliphatic rings. The smallest absolute Gasteiger partial charge is 0.196 e. The average Bonchev–Trinajstić information content (AvgIpc) is 2.71. The van der Waals surface area contributed by atoms with Crippen molar-refractivity contribution in [3.8, 4) is 11.3 Å². The van der Waals surface area contributed by atoms with Crippen molar-refractivity contribution in [2.75, 3.05) is 6.54 Å². The Morgan fingerprint density at radius 3 is 2.88 bits per heavy atom. The summed E-state index contributed by atoms with van der Waals surface area (Å²) in [5.41, 5.74) is 5.39. The molecule has 0 amide bonds. The quantitative estimate of drug-likeness (QED) is 0.868. The Morgan fingerprint density at radius 1 is 1.31 bits per heavy atom. The average molecular weight is 224 g/mol. The van der Waals surface area contributed by atoms with E-state index in [9.17, 15) is 8.78 Å². The van der Waals surface area contributed by atoms with E-state index in [1.807, 2.05) is 0 Å². The fourth-order valence-corrected chi connectivity index (χ4v) is 1.37. The van der Waals surface area contributed by atoms with Gasteiger partial charge in [-0.3, -0.25) is 0 Å². The van der Waals surface area contributed by atoms with E-state index in [-0.39, 0.29) is 11.3 Å². The van der Waals surface area contributed by atoms with Gasteiger partial charge in [0.05, 0.1) is 11.8 Å². The minimum atomic E-state index is -0.932. The lowest BCUT2D eigenvalue weighted by atomic mass is 10.2. The van der Waals surface area contributed by atoms with Gasteiger partial charge in [-0.15, -0.1) is 0 Å². The van der Waals surface area contributed by atoms with Crippen LogP contribution in [0.3, 0.4) is 0 Å². The molecule has 84 valence electrons. The van der Waals surface area contributed by atoms with Crippen LogP contribution in [0.15, 0.2) is 28.8 Å². The van der Waals surface area contributed by atoms with Gasteiger partial charge in [0.15, 0.2) is 23.3 Å². The minimum Gasteiger partial charge on any atom is -0.441 e. The van der Waals surface area contributed by atoms with Gasteiger partial charge in [0.25, 0.3) is 0 Å². The van der Waals surface area contributed by atoms with Gasteiger partial charge >= 0.3 is 0 Å².